The molecule has 0 spiro atoms. The predicted octanol–water partition coefficient (Wildman–Crippen LogP) is 4.77. The van der Waals surface area contributed by atoms with Gasteiger partial charge in [-0.1, -0.05) is 66.2 Å². The van der Waals surface area contributed by atoms with Crippen molar-refractivity contribution in [3.63, 3.8) is 0 Å². The molecule has 0 unspecified atom stereocenters. The van der Waals surface area contributed by atoms with E-state index in [1.807, 2.05) is 20.8 Å². The van der Waals surface area contributed by atoms with Crippen LogP contribution in [0.1, 0.15) is 41.5 Å². The lowest BCUT2D eigenvalue weighted by Crippen LogP contribution is -2.45. The molecule has 0 aromatic carbocycles. The van der Waals surface area contributed by atoms with Gasteiger partial charge in [-0.25, -0.2) is 0 Å². The molecule has 0 radical (unpaired) electrons. The Hall–Kier alpha value is -0.0831. The summed E-state index contributed by atoms with van der Waals surface area (Å²) in [5, 5.41) is 0.956. The number of halogens is 1. The molecule has 0 bridgehead atoms. The van der Waals surface area contributed by atoms with Crippen LogP contribution in [0.5, 0.6) is 0 Å². The Morgan fingerprint density at radius 1 is 1.06 bits per heavy atom. The lowest BCUT2D eigenvalue weighted by molar-refractivity contribution is -0.108. The van der Waals surface area contributed by atoms with E-state index in [0.29, 0.717) is 5.03 Å². The van der Waals surface area contributed by atoms with Crippen LogP contribution in [-0.4, -0.2) is 13.5 Å². The molecule has 0 atom stereocenters. The molecular formula is C13H25ClOSi. The number of hydrogen-bond donors (Lipinski definition) is 0. The molecule has 94 valence electrons. The average molecular weight is 261 g/mol. The molecular weight excluding hydrogens is 236 g/mol. The van der Waals surface area contributed by atoms with Crippen LogP contribution >= 0.6 is 11.6 Å². The number of hydrogen-bond acceptors (Lipinski definition) is 1. The molecule has 0 amide bonds. The summed E-state index contributed by atoms with van der Waals surface area (Å²) in [7, 11) is -1.95. The Morgan fingerprint density at radius 3 is 1.69 bits per heavy atom. The molecule has 0 aliphatic rings. The normalized spacial score (nSPS) is 15.2. The van der Waals surface area contributed by atoms with E-state index in [1.54, 1.807) is 6.08 Å². The molecule has 0 aliphatic heterocycles. The third kappa shape index (κ3) is 3.74. The molecule has 16 heavy (non-hydrogen) atoms. The largest absolute Gasteiger partial charge is 0.301 e. The molecule has 0 heterocycles. The van der Waals surface area contributed by atoms with Gasteiger partial charge in [0.1, 0.15) is 13.5 Å². The third-order valence-corrected chi connectivity index (χ3v) is 9.27. The summed E-state index contributed by atoms with van der Waals surface area (Å²) >= 11 is 6.17. The van der Waals surface area contributed by atoms with Crippen LogP contribution < -0.4 is 0 Å². The van der Waals surface area contributed by atoms with Gasteiger partial charge < -0.3 is 4.79 Å². The fraction of sp³-hybridized carbons (Fsp3) is 0.769. The van der Waals surface area contributed by atoms with Gasteiger partial charge in [0.25, 0.3) is 0 Å². The van der Waals surface area contributed by atoms with Crippen molar-refractivity contribution in [2.24, 2.45) is 5.41 Å². The molecule has 1 nitrogen and oxygen atoms in total. The molecule has 3 heteroatoms. The van der Waals surface area contributed by atoms with Crippen LogP contribution in [0.2, 0.25) is 18.1 Å². The number of allylic oxidation sites excluding steroid dienone is 2. The van der Waals surface area contributed by atoms with E-state index in [9.17, 15) is 4.79 Å². The molecule has 0 rings (SSSR count). The second-order valence-electron chi connectivity index (χ2n) is 6.98. The van der Waals surface area contributed by atoms with E-state index in [4.69, 9.17) is 11.6 Å². The maximum atomic E-state index is 12.3. The van der Waals surface area contributed by atoms with Crippen molar-refractivity contribution in [2.45, 2.75) is 59.7 Å². The maximum Gasteiger partial charge on any atom is 0.137 e. The highest BCUT2D eigenvalue weighted by Crippen LogP contribution is 2.38. The summed E-state index contributed by atoms with van der Waals surface area (Å²) in [6.07, 6.45) is 1.65. The van der Waals surface area contributed by atoms with Gasteiger partial charge in [0.2, 0.25) is 0 Å². The minimum absolute atomic E-state index is 0.0651. The highest BCUT2D eigenvalue weighted by atomic mass is 35.5. The quantitative estimate of drug-likeness (QED) is 0.516. The van der Waals surface area contributed by atoms with Crippen LogP contribution in [0.3, 0.4) is 0 Å². The first kappa shape index (κ1) is 15.9. The number of carbonyl (C=O) groups is 1. The van der Waals surface area contributed by atoms with Crippen LogP contribution in [0, 0.1) is 5.41 Å². The SMILES string of the molecule is CC(C)(C)/C(Cl)=C\C(=O)[Si](C)(C)C(C)(C)C. The van der Waals surface area contributed by atoms with E-state index >= 15 is 0 Å². The zero-order chi connectivity index (χ0) is 13.4. The highest BCUT2D eigenvalue weighted by molar-refractivity contribution is 7.07. The second-order valence-corrected chi connectivity index (χ2v) is 12.6. The zero-order valence-electron chi connectivity index (χ0n) is 11.9. The minimum atomic E-state index is -1.95. The first-order valence-electron chi connectivity index (χ1n) is 5.72. The van der Waals surface area contributed by atoms with Gasteiger partial charge in [-0.3, -0.25) is 0 Å². The summed E-state index contributed by atoms with van der Waals surface area (Å²) in [6.45, 7) is 16.7. The van der Waals surface area contributed by atoms with E-state index < -0.39 is 8.07 Å². The predicted molar refractivity (Wildman–Crippen MR) is 75.6 cm³/mol. The summed E-state index contributed by atoms with van der Waals surface area (Å²) in [5.74, 6) is 0. The summed E-state index contributed by atoms with van der Waals surface area (Å²) in [5.41, 5.74) is -0.139. The summed E-state index contributed by atoms with van der Waals surface area (Å²) < 4.78 is 0. The van der Waals surface area contributed by atoms with Gasteiger partial charge in [0.05, 0.1) is 0 Å². The lowest BCUT2D eigenvalue weighted by atomic mass is 9.96. The molecule has 0 aromatic rings. The van der Waals surface area contributed by atoms with Gasteiger partial charge in [0, 0.05) is 5.03 Å². The average Bonchev–Trinajstić information content (AvgIpc) is 1.99. The molecule has 0 N–H and O–H groups in total. The first-order valence-corrected chi connectivity index (χ1v) is 9.10. The maximum absolute atomic E-state index is 12.3. The Morgan fingerprint density at radius 2 is 1.44 bits per heavy atom. The Labute approximate surface area is 106 Å². The van der Waals surface area contributed by atoms with Gasteiger partial charge in [-0.15, -0.1) is 0 Å². The Bertz CT molecular complexity index is 303. The molecule has 0 aliphatic carbocycles. The van der Waals surface area contributed by atoms with Gasteiger partial charge >= 0.3 is 0 Å². The highest BCUT2D eigenvalue weighted by Gasteiger charge is 2.41. The topological polar surface area (TPSA) is 17.1 Å². The molecule has 0 aromatic heterocycles. The fourth-order valence-electron chi connectivity index (χ4n) is 0.882. The van der Waals surface area contributed by atoms with Crippen molar-refractivity contribution < 1.29 is 4.79 Å². The number of carbonyl (C=O) groups excluding carboxylic acids is 1. The van der Waals surface area contributed by atoms with Gasteiger partial charge in [-0.05, 0) is 16.5 Å². The Kier molecular flexibility index (Phi) is 4.63. The van der Waals surface area contributed by atoms with Crippen LogP contribution in [-0.2, 0) is 4.79 Å². The van der Waals surface area contributed by atoms with E-state index in [0.717, 1.165) is 0 Å². The van der Waals surface area contributed by atoms with Gasteiger partial charge in [-0.2, -0.15) is 0 Å². The van der Waals surface area contributed by atoms with Crippen molar-refractivity contribution >= 4 is 25.1 Å². The van der Waals surface area contributed by atoms with Crippen molar-refractivity contribution in [1.82, 2.24) is 0 Å². The molecule has 0 saturated carbocycles. The monoisotopic (exact) mass is 260 g/mol. The fourth-order valence-corrected chi connectivity index (χ4v) is 2.32. The van der Waals surface area contributed by atoms with Crippen LogP contribution in [0.25, 0.3) is 0 Å². The van der Waals surface area contributed by atoms with E-state index in [-0.39, 0.29) is 15.9 Å². The van der Waals surface area contributed by atoms with Gasteiger partial charge in [0.15, 0.2) is 0 Å². The second kappa shape index (κ2) is 4.65. The summed E-state index contributed by atoms with van der Waals surface area (Å²) in [4.78, 5) is 12.3. The minimum Gasteiger partial charge on any atom is -0.301 e. The van der Waals surface area contributed by atoms with Crippen molar-refractivity contribution in [3.05, 3.63) is 11.1 Å². The standard InChI is InChI=1S/C13H25ClOSi/c1-12(2,3)10(14)9-11(15)16(7,8)13(4,5)6/h9H,1-8H3/b10-9+. The van der Waals surface area contributed by atoms with E-state index in [1.165, 1.54) is 0 Å². The summed E-state index contributed by atoms with van der Waals surface area (Å²) in [6, 6.07) is 0. The molecule has 0 saturated heterocycles. The zero-order valence-corrected chi connectivity index (χ0v) is 13.6. The van der Waals surface area contributed by atoms with Crippen LogP contribution in [0.15, 0.2) is 11.1 Å². The number of rotatable bonds is 2. The lowest BCUT2D eigenvalue weighted by Gasteiger charge is -2.34. The Balaban J connectivity index is 5.13. The van der Waals surface area contributed by atoms with Crippen molar-refractivity contribution in [2.75, 3.05) is 0 Å². The molecule has 0 fully saturated rings. The van der Waals surface area contributed by atoms with Crippen LogP contribution in [0.4, 0.5) is 0 Å². The first-order chi connectivity index (χ1) is 6.80. The third-order valence-electron chi connectivity index (χ3n) is 3.47. The van der Waals surface area contributed by atoms with Crippen molar-refractivity contribution in [3.8, 4) is 0 Å². The smallest absolute Gasteiger partial charge is 0.137 e. The van der Waals surface area contributed by atoms with Crippen molar-refractivity contribution in [1.29, 1.82) is 0 Å². The van der Waals surface area contributed by atoms with E-state index in [2.05, 4.69) is 33.9 Å².